The van der Waals surface area contributed by atoms with Crippen LogP contribution in [-0.2, 0) is 9.59 Å². The summed E-state index contributed by atoms with van der Waals surface area (Å²) in [5.41, 5.74) is 6.52. The highest BCUT2D eigenvalue weighted by Crippen LogP contribution is 2.33. The fourth-order valence-electron chi connectivity index (χ4n) is 2.31. The summed E-state index contributed by atoms with van der Waals surface area (Å²) in [6.07, 6.45) is 1.75. The van der Waals surface area contributed by atoms with E-state index in [1.165, 1.54) is 16.7 Å². The second kappa shape index (κ2) is 8.28. The topological polar surface area (TPSA) is 85.0 Å². The number of carbonyl (C=O) groups is 2. The number of aliphatic imine (C=N–C) groups is 1. The molecule has 0 radical (unpaired) electrons. The molecule has 0 aromatic heterocycles. The van der Waals surface area contributed by atoms with Crippen molar-refractivity contribution < 1.29 is 14.3 Å². The monoisotopic (exact) mass is 401 g/mol. The van der Waals surface area contributed by atoms with Crippen LogP contribution < -0.4 is 10.5 Å². The van der Waals surface area contributed by atoms with E-state index in [0.29, 0.717) is 26.5 Å². The zero-order chi connectivity index (χ0) is 19.4. The smallest absolute Gasteiger partial charge is 0.266 e. The molecular formula is C19H16ClN3O3S. The molecule has 3 rings (SSSR count). The molecule has 0 unspecified atom stereocenters. The van der Waals surface area contributed by atoms with E-state index in [0.717, 1.165) is 5.56 Å². The lowest BCUT2D eigenvalue weighted by atomic mass is 10.2. The van der Waals surface area contributed by atoms with Crippen LogP contribution in [0.4, 0.5) is 5.69 Å². The number of amidine groups is 1. The largest absolute Gasteiger partial charge is 0.484 e. The Labute approximate surface area is 165 Å². The molecule has 138 valence electrons. The van der Waals surface area contributed by atoms with Crippen LogP contribution in [-0.4, -0.2) is 35.5 Å². The molecule has 0 atom stereocenters. The first-order valence-corrected chi connectivity index (χ1v) is 9.15. The maximum atomic E-state index is 12.5. The minimum absolute atomic E-state index is 0.149. The van der Waals surface area contributed by atoms with Crippen molar-refractivity contribution in [1.82, 2.24) is 4.90 Å². The summed E-state index contributed by atoms with van der Waals surface area (Å²) in [6, 6.07) is 14.2. The van der Waals surface area contributed by atoms with Crippen molar-refractivity contribution in [3.63, 3.8) is 0 Å². The molecule has 1 fully saturated rings. The van der Waals surface area contributed by atoms with Gasteiger partial charge < -0.3 is 10.5 Å². The Balaban J connectivity index is 1.82. The molecule has 2 amide bonds. The van der Waals surface area contributed by atoms with E-state index in [-0.39, 0.29) is 12.5 Å². The molecule has 0 saturated carbocycles. The number of thioether (sulfide) groups is 1. The van der Waals surface area contributed by atoms with Crippen molar-refractivity contribution in [3.05, 3.63) is 64.0 Å². The Morgan fingerprint density at radius 3 is 2.81 bits per heavy atom. The van der Waals surface area contributed by atoms with Crippen molar-refractivity contribution in [1.29, 1.82) is 0 Å². The Morgan fingerprint density at radius 2 is 2.07 bits per heavy atom. The van der Waals surface area contributed by atoms with Gasteiger partial charge in [-0.15, -0.1) is 0 Å². The van der Waals surface area contributed by atoms with Gasteiger partial charge in [0.15, 0.2) is 11.8 Å². The number of nitrogens with two attached hydrogens (primary N) is 1. The number of carbonyl (C=O) groups excluding carboxylic acids is 2. The Morgan fingerprint density at radius 1 is 1.30 bits per heavy atom. The fraction of sp³-hybridized carbons (Fsp3) is 0.105. The van der Waals surface area contributed by atoms with Gasteiger partial charge in [0.25, 0.3) is 11.8 Å². The molecule has 1 heterocycles. The van der Waals surface area contributed by atoms with Gasteiger partial charge in [-0.2, -0.15) is 0 Å². The van der Waals surface area contributed by atoms with Gasteiger partial charge in [-0.3, -0.25) is 14.5 Å². The van der Waals surface area contributed by atoms with E-state index in [1.807, 2.05) is 12.1 Å². The van der Waals surface area contributed by atoms with Crippen LogP contribution in [0, 0.1) is 0 Å². The summed E-state index contributed by atoms with van der Waals surface area (Å²) in [7, 11) is 1.67. The average molecular weight is 402 g/mol. The van der Waals surface area contributed by atoms with E-state index in [9.17, 15) is 9.59 Å². The molecule has 8 heteroatoms. The van der Waals surface area contributed by atoms with E-state index in [1.54, 1.807) is 49.5 Å². The molecule has 0 spiro atoms. The normalized spacial score (nSPS) is 17.0. The molecule has 0 aliphatic carbocycles. The van der Waals surface area contributed by atoms with Crippen LogP contribution in [0.1, 0.15) is 5.56 Å². The van der Waals surface area contributed by atoms with Gasteiger partial charge in [0.2, 0.25) is 0 Å². The van der Waals surface area contributed by atoms with Crippen LogP contribution >= 0.6 is 23.4 Å². The van der Waals surface area contributed by atoms with Crippen LogP contribution in [0.25, 0.3) is 6.08 Å². The predicted octanol–water partition coefficient (Wildman–Crippen LogP) is 3.44. The van der Waals surface area contributed by atoms with Crippen LogP contribution in [0.3, 0.4) is 0 Å². The highest BCUT2D eigenvalue weighted by atomic mass is 35.5. The Kier molecular flexibility index (Phi) is 5.83. The molecule has 0 bridgehead atoms. The minimum atomic E-state index is -0.552. The predicted molar refractivity (Wildman–Crippen MR) is 108 cm³/mol. The summed E-state index contributed by atoms with van der Waals surface area (Å²) in [5, 5.41) is 1.15. The summed E-state index contributed by atoms with van der Waals surface area (Å²) >= 11 is 7.26. The van der Waals surface area contributed by atoms with E-state index >= 15 is 0 Å². The van der Waals surface area contributed by atoms with Crippen LogP contribution in [0.2, 0.25) is 5.02 Å². The lowest BCUT2D eigenvalue weighted by Crippen LogP contribution is -2.23. The maximum absolute atomic E-state index is 12.5. The molecule has 2 aromatic rings. The summed E-state index contributed by atoms with van der Waals surface area (Å²) in [5.74, 6) is -0.201. The number of rotatable bonds is 5. The highest BCUT2D eigenvalue weighted by Gasteiger charge is 2.30. The SMILES string of the molecule is CN1C(=O)/C(=C\c2cccc(OCC(N)=O)c2)SC1=Nc1cccc(Cl)c1. The minimum Gasteiger partial charge on any atom is -0.484 e. The number of likely N-dealkylation sites (N-methyl/N-ethyl adjacent to an activating group) is 1. The van der Waals surface area contributed by atoms with Gasteiger partial charge in [-0.1, -0.05) is 29.8 Å². The third-order valence-corrected chi connectivity index (χ3v) is 4.87. The number of hydrogen-bond donors (Lipinski definition) is 1. The summed E-state index contributed by atoms with van der Waals surface area (Å²) in [6.45, 7) is -0.202. The zero-order valence-electron chi connectivity index (χ0n) is 14.4. The number of nitrogens with zero attached hydrogens (tertiary/aromatic N) is 2. The number of halogens is 1. The molecular weight excluding hydrogens is 386 g/mol. The van der Waals surface area contributed by atoms with Gasteiger partial charge in [-0.05, 0) is 53.7 Å². The first-order valence-electron chi connectivity index (χ1n) is 7.95. The first kappa shape index (κ1) is 19.0. The number of benzene rings is 2. The molecule has 6 nitrogen and oxygen atoms in total. The van der Waals surface area contributed by atoms with Gasteiger partial charge in [0.05, 0.1) is 10.6 Å². The number of hydrogen-bond acceptors (Lipinski definition) is 5. The third kappa shape index (κ3) is 4.90. The van der Waals surface area contributed by atoms with E-state index in [2.05, 4.69) is 4.99 Å². The third-order valence-electron chi connectivity index (χ3n) is 3.57. The second-order valence-corrected chi connectivity index (χ2v) is 7.12. The van der Waals surface area contributed by atoms with Crippen molar-refractivity contribution in [2.45, 2.75) is 0 Å². The van der Waals surface area contributed by atoms with Crippen molar-refractivity contribution in [3.8, 4) is 5.75 Å². The first-order chi connectivity index (χ1) is 12.9. The van der Waals surface area contributed by atoms with Gasteiger partial charge in [0, 0.05) is 12.1 Å². The lowest BCUT2D eigenvalue weighted by molar-refractivity contribution is -0.121. The molecule has 2 N–H and O–H groups in total. The van der Waals surface area contributed by atoms with Gasteiger partial charge in [0.1, 0.15) is 5.75 Å². The summed E-state index contributed by atoms with van der Waals surface area (Å²) < 4.78 is 5.29. The van der Waals surface area contributed by atoms with Crippen molar-refractivity contribution in [2.24, 2.45) is 10.7 Å². The average Bonchev–Trinajstić information content (AvgIpc) is 2.88. The zero-order valence-corrected chi connectivity index (χ0v) is 16.0. The number of ether oxygens (including phenoxy) is 1. The van der Waals surface area contributed by atoms with E-state index < -0.39 is 5.91 Å². The van der Waals surface area contributed by atoms with Crippen molar-refractivity contribution in [2.75, 3.05) is 13.7 Å². The number of primary amides is 1. The molecule has 27 heavy (non-hydrogen) atoms. The quantitative estimate of drug-likeness (QED) is 0.777. The standard InChI is InChI=1S/C19H16ClN3O3S/c1-23-18(25)16(27-19(23)22-14-6-3-5-13(20)10-14)9-12-4-2-7-15(8-12)26-11-17(21)24/h2-10H,11H2,1H3,(H2,21,24)/b16-9+,22-19?. The second-order valence-electron chi connectivity index (χ2n) is 5.68. The molecule has 1 saturated heterocycles. The highest BCUT2D eigenvalue weighted by molar-refractivity contribution is 8.18. The fourth-order valence-corrected chi connectivity index (χ4v) is 3.48. The van der Waals surface area contributed by atoms with Gasteiger partial charge in [-0.25, -0.2) is 4.99 Å². The Bertz CT molecular complexity index is 959. The maximum Gasteiger partial charge on any atom is 0.266 e. The van der Waals surface area contributed by atoms with E-state index in [4.69, 9.17) is 22.1 Å². The molecule has 1 aliphatic rings. The van der Waals surface area contributed by atoms with Crippen LogP contribution in [0.15, 0.2) is 58.4 Å². The van der Waals surface area contributed by atoms with Crippen LogP contribution in [0.5, 0.6) is 5.75 Å². The van der Waals surface area contributed by atoms with Crippen molar-refractivity contribution >= 4 is 52.1 Å². The molecule has 2 aromatic carbocycles. The Hall–Kier alpha value is -2.77. The summed E-state index contributed by atoms with van der Waals surface area (Å²) in [4.78, 5) is 29.9. The lowest BCUT2D eigenvalue weighted by Gasteiger charge is -2.07. The van der Waals surface area contributed by atoms with Gasteiger partial charge >= 0.3 is 0 Å². The molecule has 1 aliphatic heterocycles. The number of amides is 2.